The number of thiophene rings is 1. The number of phenolic OH excluding ortho intramolecular Hbond substituents is 1. The molecule has 0 aliphatic carbocycles. The molecule has 94 valence electrons. The molecule has 0 unspecified atom stereocenters. The zero-order valence-corrected chi connectivity index (χ0v) is 11.7. The second kappa shape index (κ2) is 5.41. The van der Waals surface area contributed by atoms with Crippen molar-refractivity contribution in [1.29, 1.82) is 0 Å². The standard InChI is InChI=1S/C12H11BrN2O2S/c13-11-4-8(6-18-11)12(17)15-5-7-3-9(14)1-2-10(7)16/h1-4,6,16H,5,14H2,(H,15,17). The van der Waals surface area contributed by atoms with Crippen LogP contribution in [0.5, 0.6) is 5.75 Å². The van der Waals surface area contributed by atoms with Crippen LogP contribution in [-0.2, 0) is 6.54 Å². The Morgan fingerprint density at radius 1 is 1.44 bits per heavy atom. The first-order valence-electron chi connectivity index (χ1n) is 5.16. The molecule has 1 heterocycles. The minimum absolute atomic E-state index is 0.121. The number of halogens is 1. The second-order valence-corrected chi connectivity index (χ2v) is 6.00. The molecule has 0 atom stereocenters. The van der Waals surface area contributed by atoms with Gasteiger partial charge < -0.3 is 16.2 Å². The van der Waals surface area contributed by atoms with E-state index in [4.69, 9.17) is 5.73 Å². The molecular formula is C12H11BrN2O2S. The van der Waals surface area contributed by atoms with Crippen LogP contribution < -0.4 is 11.1 Å². The molecule has 1 amide bonds. The molecule has 18 heavy (non-hydrogen) atoms. The highest BCUT2D eigenvalue weighted by molar-refractivity contribution is 9.11. The zero-order valence-electron chi connectivity index (χ0n) is 9.31. The van der Waals surface area contributed by atoms with Gasteiger partial charge >= 0.3 is 0 Å². The number of benzene rings is 1. The van der Waals surface area contributed by atoms with E-state index in [0.29, 0.717) is 16.8 Å². The van der Waals surface area contributed by atoms with Gasteiger partial charge in [0.25, 0.3) is 5.91 Å². The highest BCUT2D eigenvalue weighted by Crippen LogP contribution is 2.22. The first kappa shape index (κ1) is 12.9. The molecule has 0 spiro atoms. The third-order valence-corrected chi connectivity index (χ3v) is 3.88. The predicted molar refractivity (Wildman–Crippen MR) is 75.7 cm³/mol. The number of anilines is 1. The van der Waals surface area contributed by atoms with Crippen molar-refractivity contribution in [1.82, 2.24) is 5.32 Å². The zero-order chi connectivity index (χ0) is 13.1. The van der Waals surface area contributed by atoms with E-state index in [2.05, 4.69) is 21.2 Å². The van der Waals surface area contributed by atoms with Crippen molar-refractivity contribution in [2.24, 2.45) is 0 Å². The summed E-state index contributed by atoms with van der Waals surface area (Å²) in [6.07, 6.45) is 0. The van der Waals surface area contributed by atoms with Gasteiger partial charge in [-0.15, -0.1) is 11.3 Å². The number of hydrogen-bond acceptors (Lipinski definition) is 4. The number of nitrogens with one attached hydrogen (secondary N) is 1. The molecule has 1 aromatic carbocycles. The number of nitrogen functional groups attached to an aromatic ring is 1. The van der Waals surface area contributed by atoms with E-state index >= 15 is 0 Å². The second-order valence-electron chi connectivity index (χ2n) is 3.71. The van der Waals surface area contributed by atoms with Gasteiger partial charge in [0.05, 0.1) is 9.35 Å². The van der Waals surface area contributed by atoms with Crippen LogP contribution in [0.15, 0.2) is 33.4 Å². The summed E-state index contributed by atoms with van der Waals surface area (Å²) in [6, 6.07) is 6.51. The first-order valence-corrected chi connectivity index (χ1v) is 6.83. The van der Waals surface area contributed by atoms with Gasteiger partial charge in [0.2, 0.25) is 0 Å². The largest absolute Gasteiger partial charge is 0.508 e. The van der Waals surface area contributed by atoms with E-state index in [0.717, 1.165) is 3.79 Å². The number of hydrogen-bond donors (Lipinski definition) is 3. The lowest BCUT2D eigenvalue weighted by Crippen LogP contribution is -2.22. The molecule has 4 nitrogen and oxygen atoms in total. The fourth-order valence-corrected chi connectivity index (χ4v) is 2.59. The number of carbonyl (C=O) groups excluding carboxylic acids is 1. The van der Waals surface area contributed by atoms with Crippen molar-refractivity contribution in [3.8, 4) is 5.75 Å². The topological polar surface area (TPSA) is 75.3 Å². The number of rotatable bonds is 3. The summed E-state index contributed by atoms with van der Waals surface area (Å²) >= 11 is 4.75. The Morgan fingerprint density at radius 2 is 2.22 bits per heavy atom. The van der Waals surface area contributed by atoms with Crippen molar-refractivity contribution in [3.05, 3.63) is 44.6 Å². The summed E-state index contributed by atoms with van der Waals surface area (Å²) in [5.41, 5.74) is 7.36. The quantitative estimate of drug-likeness (QED) is 0.599. The normalized spacial score (nSPS) is 10.3. The van der Waals surface area contributed by atoms with Gasteiger partial charge in [-0.25, -0.2) is 0 Å². The Bertz CT molecular complexity index is 583. The van der Waals surface area contributed by atoms with E-state index in [1.165, 1.54) is 17.4 Å². The summed E-state index contributed by atoms with van der Waals surface area (Å²) in [4.78, 5) is 11.8. The van der Waals surface area contributed by atoms with Gasteiger partial charge in [-0.05, 0) is 40.2 Å². The van der Waals surface area contributed by atoms with E-state index in [9.17, 15) is 9.90 Å². The minimum atomic E-state index is -0.182. The van der Waals surface area contributed by atoms with E-state index < -0.39 is 0 Å². The molecule has 0 radical (unpaired) electrons. The highest BCUT2D eigenvalue weighted by atomic mass is 79.9. The summed E-state index contributed by atoms with van der Waals surface area (Å²) in [5, 5.41) is 14.1. The summed E-state index contributed by atoms with van der Waals surface area (Å²) < 4.78 is 0.902. The highest BCUT2D eigenvalue weighted by Gasteiger charge is 2.09. The third kappa shape index (κ3) is 3.02. The van der Waals surface area contributed by atoms with Crippen LogP contribution >= 0.6 is 27.3 Å². The average molecular weight is 327 g/mol. The Hall–Kier alpha value is -1.53. The van der Waals surface area contributed by atoms with Gasteiger partial charge in [-0.1, -0.05) is 0 Å². The van der Waals surface area contributed by atoms with Gasteiger partial charge in [0.15, 0.2) is 0 Å². The molecular weight excluding hydrogens is 316 g/mol. The maximum absolute atomic E-state index is 11.8. The Balaban J connectivity index is 2.03. The van der Waals surface area contributed by atoms with Crippen LogP contribution in [0.4, 0.5) is 5.69 Å². The van der Waals surface area contributed by atoms with Crippen molar-refractivity contribution in [3.63, 3.8) is 0 Å². The van der Waals surface area contributed by atoms with Gasteiger partial charge in [-0.3, -0.25) is 4.79 Å². The maximum Gasteiger partial charge on any atom is 0.252 e. The van der Waals surface area contributed by atoms with Crippen molar-refractivity contribution >= 4 is 38.9 Å². The molecule has 0 fully saturated rings. The monoisotopic (exact) mass is 326 g/mol. The molecule has 0 saturated carbocycles. The fourth-order valence-electron chi connectivity index (χ4n) is 1.45. The van der Waals surface area contributed by atoms with Gasteiger partial charge in [0.1, 0.15) is 5.75 Å². The van der Waals surface area contributed by atoms with Crippen LogP contribution in [0.2, 0.25) is 0 Å². The lowest BCUT2D eigenvalue weighted by molar-refractivity contribution is 0.0951. The maximum atomic E-state index is 11.8. The number of aromatic hydroxyl groups is 1. The summed E-state index contributed by atoms with van der Waals surface area (Å²) in [6.45, 7) is 0.239. The molecule has 2 rings (SSSR count). The average Bonchev–Trinajstić information content (AvgIpc) is 2.77. The van der Waals surface area contributed by atoms with Crippen LogP contribution in [0.25, 0.3) is 0 Å². The molecule has 2 aromatic rings. The Morgan fingerprint density at radius 3 is 2.89 bits per heavy atom. The number of amides is 1. The molecule has 4 N–H and O–H groups in total. The SMILES string of the molecule is Nc1ccc(O)c(CNC(=O)c2csc(Br)c2)c1. The lowest BCUT2D eigenvalue weighted by Gasteiger charge is -2.07. The molecule has 0 aliphatic heterocycles. The number of phenols is 1. The van der Waals surface area contributed by atoms with Crippen molar-refractivity contribution in [2.75, 3.05) is 5.73 Å². The van der Waals surface area contributed by atoms with Crippen LogP contribution in [-0.4, -0.2) is 11.0 Å². The molecule has 0 aliphatic rings. The first-order chi connectivity index (χ1) is 8.56. The molecule has 1 aromatic heterocycles. The Kier molecular flexibility index (Phi) is 3.88. The predicted octanol–water partition coefficient (Wildman–Crippen LogP) is 2.73. The number of nitrogens with two attached hydrogens (primary N) is 1. The van der Waals surface area contributed by atoms with Gasteiger partial charge in [0, 0.05) is 23.2 Å². The molecule has 6 heteroatoms. The van der Waals surface area contributed by atoms with E-state index in [1.54, 1.807) is 23.6 Å². The Labute approximate surface area is 117 Å². The summed E-state index contributed by atoms with van der Waals surface area (Å²) in [5.74, 6) is -0.0604. The lowest BCUT2D eigenvalue weighted by atomic mass is 10.1. The van der Waals surface area contributed by atoms with Crippen LogP contribution in [0.1, 0.15) is 15.9 Å². The third-order valence-electron chi connectivity index (χ3n) is 2.37. The van der Waals surface area contributed by atoms with E-state index in [1.807, 2.05) is 0 Å². The van der Waals surface area contributed by atoms with E-state index in [-0.39, 0.29) is 18.2 Å². The number of carbonyl (C=O) groups is 1. The minimum Gasteiger partial charge on any atom is -0.508 e. The van der Waals surface area contributed by atoms with Crippen LogP contribution in [0, 0.1) is 0 Å². The summed E-state index contributed by atoms with van der Waals surface area (Å²) in [7, 11) is 0. The molecule has 0 bridgehead atoms. The fraction of sp³-hybridized carbons (Fsp3) is 0.0833. The van der Waals surface area contributed by atoms with Crippen LogP contribution in [0.3, 0.4) is 0 Å². The van der Waals surface area contributed by atoms with Crippen molar-refractivity contribution in [2.45, 2.75) is 6.54 Å². The van der Waals surface area contributed by atoms with Crippen molar-refractivity contribution < 1.29 is 9.90 Å². The molecule has 0 saturated heterocycles. The smallest absolute Gasteiger partial charge is 0.252 e. The van der Waals surface area contributed by atoms with Gasteiger partial charge in [-0.2, -0.15) is 0 Å².